The molecule has 0 saturated heterocycles. The van der Waals surface area contributed by atoms with E-state index in [1.165, 1.54) is 0 Å². The number of alkyl halides is 1. The van der Waals surface area contributed by atoms with Crippen LogP contribution >= 0.6 is 15.9 Å². The molecular weight excluding hydrogens is 258 g/mol. The molecule has 0 aliphatic rings. The Balaban J connectivity index is 4.43. The molecular formula is C11H22BrNO2. The van der Waals surface area contributed by atoms with Crippen LogP contribution in [0.3, 0.4) is 0 Å². The van der Waals surface area contributed by atoms with Gasteiger partial charge in [-0.1, -0.05) is 15.9 Å². The summed E-state index contributed by atoms with van der Waals surface area (Å²) in [5.41, 5.74) is -0.841. The lowest BCUT2D eigenvalue weighted by Crippen LogP contribution is -2.55. The number of rotatable bonds is 2. The van der Waals surface area contributed by atoms with E-state index in [-0.39, 0.29) is 16.0 Å². The monoisotopic (exact) mass is 279 g/mol. The van der Waals surface area contributed by atoms with Gasteiger partial charge in [-0.05, 0) is 48.5 Å². The van der Waals surface area contributed by atoms with Gasteiger partial charge in [-0.2, -0.15) is 0 Å². The van der Waals surface area contributed by atoms with Gasteiger partial charge in [0.15, 0.2) is 0 Å². The summed E-state index contributed by atoms with van der Waals surface area (Å²) in [5.74, 6) is 0. The minimum Gasteiger partial charge on any atom is -0.444 e. The maximum Gasteiger partial charge on any atom is 0.408 e. The van der Waals surface area contributed by atoms with Crippen LogP contribution in [0, 0.1) is 0 Å². The Labute approximate surface area is 101 Å². The predicted octanol–water partition coefficient (Wildman–Crippen LogP) is 3.46. The quantitative estimate of drug-likeness (QED) is 0.787. The summed E-state index contributed by atoms with van der Waals surface area (Å²) in [6.45, 7) is 13.4. The number of carbonyl (C=O) groups is 1. The van der Waals surface area contributed by atoms with Crippen molar-refractivity contribution in [2.45, 2.75) is 63.9 Å². The standard InChI is InChI=1S/C11H22BrNO2/c1-9(2,3)15-8(14)13-11(6,7)10(4,5)12/h1-7H3,(H,13,14). The van der Waals surface area contributed by atoms with E-state index in [1.54, 1.807) is 0 Å². The molecule has 0 unspecified atom stereocenters. The molecule has 0 bridgehead atoms. The molecule has 4 heteroatoms. The van der Waals surface area contributed by atoms with E-state index in [1.807, 2.05) is 48.5 Å². The second-order valence-corrected chi connectivity index (χ2v) is 7.71. The first-order valence-corrected chi connectivity index (χ1v) is 5.84. The number of hydrogen-bond donors (Lipinski definition) is 1. The van der Waals surface area contributed by atoms with Gasteiger partial charge >= 0.3 is 6.09 Å². The predicted molar refractivity (Wildman–Crippen MR) is 66.5 cm³/mol. The lowest BCUT2D eigenvalue weighted by molar-refractivity contribution is 0.0458. The van der Waals surface area contributed by atoms with Crippen molar-refractivity contribution in [2.75, 3.05) is 0 Å². The van der Waals surface area contributed by atoms with E-state index in [4.69, 9.17) is 4.74 Å². The van der Waals surface area contributed by atoms with Crippen LogP contribution in [-0.4, -0.2) is 21.6 Å². The van der Waals surface area contributed by atoms with E-state index in [9.17, 15) is 4.79 Å². The van der Waals surface area contributed by atoms with Crippen LogP contribution in [0.25, 0.3) is 0 Å². The number of halogens is 1. The zero-order valence-corrected chi connectivity index (χ0v) is 12.3. The molecule has 0 aromatic carbocycles. The van der Waals surface area contributed by atoms with Crippen molar-refractivity contribution in [3.63, 3.8) is 0 Å². The first-order chi connectivity index (χ1) is 6.35. The van der Waals surface area contributed by atoms with Crippen LogP contribution < -0.4 is 5.32 Å². The van der Waals surface area contributed by atoms with Gasteiger partial charge in [-0.3, -0.25) is 0 Å². The van der Waals surface area contributed by atoms with E-state index in [0.717, 1.165) is 0 Å². The third-order valence-electron chi connectivity index (χ3n) is 2.30. The number of alkyl carbamates (subject to hydrolysis) is 1. The second kappa shape index (κ2) is 4.32. The molecule has 90 valence electrons. The van der Waals surface area contributed by atoms with Crippen LogP contribution in [-0.2, 0) is 4.74 Å². The highest BCUT2D eigenvalue weighted by Crippen LogP contribution is 2.30. The first kappa shape index (κ1) is 14.8. The van der Waals surface area contributed by atoms with Crippen molar-refractivity contribution in [1.82, 2.24) is 5.32 Å². The van der Waals surface area contributed by atoms with Gasteiger partial charge in [0.2, 0.25) is 0 Å². The highest BCUT2D eigenvalue weighted by molar-refractivity contribution is 9.10. The van der Waals surface area contributed by atoms with Crippen molar-refractivity contribution in [3.05, 3.63) is 0 Å². The Morgan fingerprint density at radius 3 is 1.73 bits per heavy atom. The molecule has 0 aliphatic carbocycles. The molecule has 0 heterocycles. The number of amides is 1. The fourth-order valence-electron chi connectivity index (χ4n) is 0.707. The molecule has 0 aromatic rings. The summed E-state index contributed by atoms with van der Waals surface area (Å²) in [7, 11) is 0. The summed E-state index contributed by atoms with van der Waals surface area (Å²) in [4.78, 5) is 11.6. The molecule has 0 aliphatic heterocycles. The lowest BCUT2D eigenvalue weighted by Gasteiger charge is -2.38. The number of ether oxygens (including phenoxy) is 1. The van der Waals surface area contributed by atoms with Gasteiger partial charge in [-0.25, -0.2) is 4.79 Å². The molecule has 3 nitrogen and oxygen atoms in total. The third-order valence-corrected chi connectivity index (χ3v) is 3.29. The van der Waals surface area contributed by atoms with Gasteiger partial charge < -0.3 is 10.1 Å². The highest BCUT2D eigenvalue weighted by Gasteiger charge is 2.37. The zero-order valence-electron chi connectivity index (χ0n) is 10.7. The topological polar surface area (TPSA) is 38.3 Å². The summed E-state index contributed by atoms with van der Waals surface area (Å²) in [5, 5.41) is 2.84. The van der Waals surface area contributed by atoms with Crippen molar-refractivity contribution in [1.29, 1.82) is 0 Å². The van der Waals surface area contributed by atoms with Crippen molar-refractivity contribution >= 4 is 22.0 Å². The molecule has 0 rings (SSSR count). The van der Waals surface area contributed by atoms with Gasteiger partial charge in [0.1, 0.15) is 5.60 Å². The summed E-state index contributed by atoms with van der Waals surface area (Å²) in [6.07, 6.45) is -0.389. The Bertz CT molecular complexity index is 236. The number of hydrogen-bond acceptors (Lipinski definition) is 2. The van der Waals surface area contributed by atoms with Crippen LogP contribution in [0.15, 0.2) is 0 Å². The van der Waals surface area contributed by atoms with Crippen LogP contribution in [0.1, 0.15) is 48.5 Å². The fraction of sp³-hybridized carbons (Fsp3) is 0.909. The summed E-state index contributed by atoms with van der Waals surface area (Å²) >= 11 is 3.54. The van der Waals surface area contributed by atoms with Crippen LogP contribution in [0.2, 0.25) is 0 Å². The lowest BCUT2D eigenvalue weighted by atomic mass is 9.91. The van der Waals surface area contributed by atoms with E-state index < -0.39 is 5.60 Å². The van der Waals surface area contributed by atoms with Gasteiger partial charge in [0.05, 0.1) is 5.54 Å². The molecule has 0 aromatic heterocycles. The molecule has 0 radical (unpaired) electrons. The first-order valence-electron chi connectivity index (χ1n) is 5.05. The molecule has 15 heavy (non-hydrogen) atoms. The molecule has 1 amide bonds. The van der Waals surface area contributed by atoms with Crippen molar-refractivity contribution in [3.8, 4) is 0 Å². The minimum atomic E-state index is -0.462. The maximum absolute atomic E-state index is 11.6. The molecule has 0 fully saturated rings. The highest BCUT2D eigenvalue weighted by atomic mass is 79.9. The largest absolute Gasteiger partial charge is 0.444 e. The van der Waals surface area contributed by atoms with Crippen LogP contribution in [0.4, 0.5) is 4.79 Å². The third kappa shape index (κ3) is 5.40. The van der Waals surface area contributed by atoms with E-state index in [0.29, 0.717) is 0 Å². The SMILES string of the molecule is CC(C)(C)OC(=O)NC(C)(C)C(C)(C)Br. The van der Waals surface area contributed by atoms with E-state index >= 15 is 0 Å². The fourth-order valence-corrected chi connectivity index (χ4v) is 0.807. The summed E-state index contributed by atoms with van der Waals surface area (Å²) in [6, 6.07) is 0. The van der Waals surface area contributed by atoms with Gasteiger partial charge in [0.25, 0.3) is 0 Å². The number of nitrogens with one attached hydrogen (secondary N) is 1. The molecule has 0 atom stereocenters. The molecule has 0 spiro atoms. The Kier molecular flexibility index (Phi) is 4.25. The Hall–Kier alpha value is -0.250. The average Bonchev–Trinajstić information content (AvgIpc) is 1.75. The summed E-state index contributed by atoms with van der Waals surface area (Å²) < 4.78 is 5.00. The minimum absolute atomic E-state index is 0.198. The van der Waals surface area contributed by atoms with Crippen molar-refractivity contribution < 1.29 is 9.53 Å². The van der Waals surface area contributed by atoms with E-state index in [2.05, 4.69) is 21.2 Å². The second-order valence-electron chi connectivity index (χ2n) is 5.72. The normalized spacial score (nSPS) is 13.6. The zero-order chi connectivity index (χ0) is 12.5. The smallest absolute Gasteiger partial charge is 0.408 e. The molecule has 1 N–H and O–H groups in total. The van der Waals surface area contributed by atoms with Gasteiger partial charge in [0, 0.05) is 4.32 Å². The van der Waals surface area contributed by atoms with Crippen LogP contribution in [0.5, 0.6) is 0 Å². The van der Waals surface area contributed by atoms with Gasteiger partial charge in [-0.15, -0.1) is 0 Å². The Morgan fingerprint density at radius 1 is 1.07 bits per heavy atom. The van der Waals surface area contributed by atoms with Crippen molar-refractivity contribution in [2.24, 2.45) is 0 Å². The average molecular weight is 280 g/mol. The number of carbonyl (C=O) groups excluding carboxylic acids is 1. The Morgan fingerprint density at radius 2 is 1.47 bits per heavy atom. The maximum atomic E-state index is 11.6. The molecule has 0 saturated carbocycles.